The van der Waals surface area contributed by atoms with E-state index in [4.69, 9.17) is 10.1 Å². The van der Waals surface area contributed by atoms with Crippen LogP contribution in [0.4, 0.5) is 4.79 Å². The van der Waals surface area contributed by atoms with Crippen molar-refractivity contribution in [2.24, 2.45) is 0 Å². The van der Waals surface area contributed by atoms with Crippen molar-refractivity contribution in [3.05, 3.63) is 70.8 Å². The molecule has 37 heavy (non-hydrogen) atoms. The molecule has 2 aliphatic heterocycles. The number of Topliss-reactive ketones (excluding diaryl/α,β-unsaturated/α-hetero) is 2. The van der Waals surface area contributed by atoms with Gasteiger partial charge in [-0.2, -0.15) is 0 Å². The van der Waals surface area contributed by atoms with Gasteiger partial charge in [0.2, 0.25) is 5.96 Å². The maximum atomic E-state index is 13.7. The van der Waals surface area contributed by atoms with Gasteiger partial charge in [0, 0.05) is 23.6 Å². The molecule has 2 aromatic carbocycles. The van der Waals surface area contributed by atoms with E-state index in [-0.39, 0.29) is 36.2 Å². The molecule has 0 bridgehead atoms. The van der Waals surface area contributed by atoms with E-state index in [1.165, 1.54) is 4.90 Å². The Balaban J connectivity index is 1.72. The van der Waals surface area contributed by atoms with Crippen LogP contribution in [0.5, 0.6) is 0 Å². The second-order valence-corrected chi connectivity index (χ2v) is 9.86. The molecule has 2 saturated heterocycles. The molecule has 10 heteroatoms. The number of ketones is 2. The van der Waals surface area contributed by atoms with Crippen LogP contribution in [-0.2, 0) is 4.74 Å². The summed E-state index contributed by atoms with van der Waals surface area (Å²) in [5.74, 6) is -1.49. The van der Waals surface area contributed by atoms with Crippen molar-refractivity contribution in [3.63, 3.8) is 0 Å². The molecular formula is C27H32N4O6. The van der Waals surface area contributed by atoms with Crippen molar-refractivity contribution in [1.29, 1.82) is 5.41 Å². The van der Waals surface area contributed by atoms with Crippen molar-refractivity contribution >= 4 is 23.6 Å². The van der Waals surface area contributed by atoms with Crippen LogP contribution >= 0.6 is 0 Å². The van der Waals surface area contributed by atoms with Crippen molar-refractivity contribution in [2.45, 2.75) is 64.2 Å². The molecule has 196 valence electrons. The first-order valence-corrected chi connectivity index (χ1v) is 12.1. The molecule has 0 radical (unpaired) electrons. The molecule has 2 fully saturated rings. The van der Waals surface area contributed by atoms with E-state index in [0.29, 0.717) is 11.1 Å². The van der Waals surface area contributed by atoms with E-state index < -0.39 is 41.6 Å². The van der Waals surface area contributed by atoms with Gasteiger partial charge < -0.3 is 19.8 Å². The molecule has 4 rings (SSSR count). The number of hydrogen-bond acceptors (Lipinski definition) is 7. The zero-order valence-corrected chi connectivity index (χ0v) is 21.3. The van der Waals surface area contributed by atoms with Gasteiger partial charge in [-0.15, -0.1) is 0 Å². The lowest BCUT2D eigenvalue weighted by Gasteiger charge is -2.41. The number of guanidine groups is 1. The molecule has 0 spiro atoms. The summed E-state index contributed by atoms with van der Waals surface area (Å²) in [7, 11) is 0. The molecule has 2 aromatic rings. The molecule has 0 saturated carbocycles. The largest absolute Gasteiger partial charge is 0.382 e. The number of rotatable bonds is 7. The van der Waals surface area contributed by atoms with Crippen LogP contribution in [0.25, 0.3) is 0 Å². The maximum absolute atomic E-state index is 13.7. The average Bonchev–Trinajstić information content (AvgIpc) is 3.21. The number of aliphatic hydroxyl groups is 2. The van der Waals surface area contributed by atoms with Crippen LogP contribution in [-0.4, -0.2) is 80.3 Å². The third-order valence-corrected chi connectivity index (χ3v) is 7.06. The fraction of sp³-hybridized carbons (Fsp3) is 0.407. The summed E-state index contributed by atoms with van der Waals surface area (Å²) >= 11 is 0. The van der Waals surface area contributed by atoms with Crippen LogP contribution in [0.2, 0.25) is 0 Å². The quantitative estimate of drug-likeness (QED) is 0.420. The van der Waals surface area contributed by atoms with Gasteiger partial charge >= 0.3 is 6.03 Å². The average molecular weight is 509 g/mol. The fourth-order valence-electron chi connectivity index (χ4n) is 4.85. The topological polar surface area (TPSA) is 143 Å². The molecule has 4 atom stereocenters. The summed E-state index contributed by atoms with van der Waals surface area (Å²) in [4.78, 5) is 42.7. The van der Waals surface area contributed by atoms with Gasteiger partial charge in [0.15, 0.2) is 17.2 Å². The zero-order chi connectivity index (χ0) is 27.1. The highest BCUT2D eigenvalue weighted by atomic mass is 16.6. The molecule has 10 nitrogen and oxygen atoms in total. The van der Waals surface area contributed by atoms with Crippen molar-refractivity contribution in [3.8, 4) is 0 Å². The Labute approximate surface area is 215 Å². The monoisotopic (exact) mass is 508 g/mol. The van der Waals surface area contributed by atoms with Gasteiger partial charge in [-0.05, 0) is 38.8 Å². The molecular weight excluding hydrogens is 476 g/mol. The van der Waals surface area contributed by atoms with Crippen LogP contribution in [0, 0.1) is 19.3 Å². The predicted octanol–water partition coefficient (Wildman–Crippen LogP) is 2.20. The Morgan fingerprint density at radius 2 is 1.65 bits per heavy atom. The number of urea groups is 1. The molecule has 0 aromatic heterocycles. The van der Waals surface area contributed by atoms with Crippen LogP contribution in [0.1, 0.15) is 52.1 Å². The maximum Gasteiger partial charge on any atom is 0.327 e. The smallest absolute Gasteiger partial charge is 0.327 e. The lowest BCUT2D eigenvalue weighted by atomic mass is 9.81. The van der Waals surface area contributed by atoms with Crippen molar-refractivity contribution in [1.82, 2.24) is 15.1 Å². The van der Waals surface area contributed by atoms with Gasteiger partial charge in [-0.3, -0.25) is 25.2 Å². The first kappa shape index (κ1) is 26.5. The van der Waals surface area contributed by atoms with Gasteiger partial charge in [0.25, 0.3) is 0 Å². The number of carbonyl (C=O) groups is 3. The van der Waals surface area contributed by atoms with Crippen LogP contribution in [0.15, 0.2) is 48.5 Å². The number of carbonyl (C=O) groups excluding carboxylic acids is 3. The summed E-state index contributed by atoms with van der Waals surface area (Å²) in [6.07, 6.45) is -5.03. The number of amides is 2. The Hall–Kier alpha value is -3.60. The number of nitrogens with one attached hydrogen (secondary N) is 2. The zero-order valence-electron chi connectivity index (χ0n) is 21.3. The summed E-state index contributed by atoms with van der Waals surface area (Å²) in [5, 5.41) is 33.6. The van der Waals surface area contributed by atoms with Gasteiger partial charge in [-0.25, -0.2) is 4.79 Å². The molecule has 2 aliphatic rings. The number of aryl methyl sites for hydroxylation is 2. The summed E-state index contributed by atoms with van der Waals surface area (Å²) < 4.78 is 6.00. The third kappa shape index (κ3) is 4.75. The van der Waals surface area contributed by atoms with Gasteiger partial charge in [-0.1, -0.05) is 48.5 Å². The summed E-state index contributed by atoms with van der Waals surface area (Å²) in [6, 6.07) is 12.6. The fourth-order valence-corrected chi connectivity index (χ4v) is 4.85. The lowest BCUT2D eigenvalue weighted by Crippen LogP contribution is -2.63. The number of nitrogens with zero attached hydrogens (tertiary/aromatic N) is 2. The predicted molar refractivity (Wildman–Crippen MR) is 135 cm³/mol. The molecule has 4 N–H and O–H groups in total. The van der Waals surface area contributed by atoms with E-state index >= 15 is 0 Å². The highest BCUT2D eigenvalue weighted by molar-refractivity contribution is 6.06. The summed E-state index contributed by atoms with van der Waals surface area (Å²) in [5.41, 5.74) is -0.608. The minimum absolute atomic E-state index is 0.0316. The van der Waals surface area contributed by atoms with E-state index in [9.17, 15) is 24.6 Å². The number of aliphatic hydroxyl groups excluding tert-OH is 1. The number of benzene rings is 2. The van der Waals surface area contributed by atoms with Crippen LogP contribution < -0.4 is 5.32 Å². The minimum atomic E-state index is -2.30. The second kappa shape index (κ2) is 10.0. The van der Waals surface area contributed by atoms with E-state index in [1.807, 2.05) is 13.8 Å². The Bertz CT molecular complexity index is 1250. The number of ether oxygens (including phenoxy) is 1. The van der Waals surface area contributed by atoms with Gasteiger partial charge in [0.05, 0.1) is 0 Å². The highest BCUT2D eigenvalue weighted by Crippen LogP contribution is 2.39. The molecule has 2 heterocycles. The highest BCUT2D eigenvalue weighted by Gasteiger charge is 2.59. The van der Waals surface area contributed by atoms with E-state index in [2.05, 4.69) is 5.32 Å². The Morgan fingerprint density at radius 1 is 1.08 bits per heavy atom. The van der Waals surface area contributed by atoms with Crippen molar-refractivity contribution < 1.29 is 29.3 Å². The molecule has 1 unspecified atom stereocenters. The van der Waals surface area contributed by atoms with E-state index in [0.717, 1.165) is 0 Å². The first-order chi connectivity index (χ1) is 17.5. The number of hydrogen-bond donors (Lipinski definition) is 4. The lowest BCUT2D eigenvalue weighted by molar-refractivity contribution is -0.105. The SMILES string of the molecule is Cc1ccccc1C(=O)C(O)[C@H]1O[C@@H](N2CN(C(C)C)C(=N)NC2=O)C[C@@]1(O)C(=O)c1ccccc1C. The molecule has 0 aliphatic carbocycles. The standard InChI is InChI=1S/C27H32N4O6/c1-15(2)30-14-31(26(35)29-25(30)28)20-13-27(36,23(34)19-12-8-6-10-17(19)4)24(37-20)22(33)21(32)18-11-7-5-9-16(18)3/h5-12,15,20,22,24,33,36H,13-14H2,1-4H3,(H2,28,29,35)/t20-,22?,24-,27-/m1/s1. The van der Waals surface area contributed by atoms with Gasteiger partial charge in [0.1, 0.15) is 25.1 Å². The Morgan fingerprint density at radius 3 is 2.22 bits per heavy atom. The van der Waals surface area contributed by atoms with Crippen LogP contribution in [0.3, 0.4) is 0 Å². The summed E-state index contributed by atoms with van der Waals surface area (Å²) in [6.45, 7) is 7.11. The molecule has 2 amide bonds. The Kier molecular flexibility index (Phi) is 7.18. The second-order valence-electron chi connectivity index (χ2n) is 9.86. The normalized spacial score (nSPS) is 24.8. The first-order valence-electron chi connectivity index (χ1n) is 12.1. The van der Waals surface area contributed by atoms with Crippen molar-refractivity contribution in [2.75, 3.05) is 6.67 Å². The third-order valence-electron chi connectivity index (χ3n) is 7.06. The minimum Gasteiger partial charge on any atom is -0.382 e. The van der Waals surface area contributed by atoms with E-state index in [1.54, 1.807) is 67.3 Å².